The van der Waals surface area contributed by atoms with Gasteiger partial charge in [0.1, 0.15) is 0 Å². The Hall–Kier alpha value is -2.30. The maximum atomic E-state index is 4.74. The van der Waals surface area contributed by atoms with Crippen LogP contribution < -0.4 is 10.6 Å². The minimum Gasteiger partial charge on any atom is -0.357 e. The van der Waals surface area contributed by atoms with Crippen molar-refractivity contribution in [1.82, 2.24) is 20.4 Å². The van der Waals surface area contributed by atoms with Crippen LogP contribution >= 0.6 is 0 Å². The van der Waals surface area contributed by atoms with Gasteiger partial charge in [0.05, 0.1) is 12.2 Å². The SMILES string of the molecule is CCNC(=NCc1c(C)nn(C)c1C)NCC(C)c1ccc(C)cc1. The predicted octanol–water partition coefficient (Wildman–Crippen LogP) is 3.20. The van der Waals surface area contributed by atoms with Gasteiger partial charge in [0, 0.05) is 31.4 Å². The van der Waals surface area contributed by atoms with Crippen molar-refractivity contribution in [2.45, 2.75) is 47.1 Å². The summed E-state index contributed by atoms with van der Waals surface area (Å²) in [4.78, 5) is 4.74. The number of aliphatic imine (C=N–C) groups is 1. The first-order valence-corrected chi connectivity index (χ1v) is 9.00. The van der Waals surface area contributed by atoms with E-state index in [1.165, 1.54) is 22.4 Å². The van der Waals surface area contributed by atoms with Gasteiger partial charge in [-0.05, 0) is 39.2 Å². The van der Waals surface area contributed by atoms with E-state index in [1.807, 2.05) is 18.7 Å². The first-order chi connectivity index (χ1) is 11.9. The summed E-state index contributed by atoms with van der Waals surface area (Å²) in [6, 6.07) is 8.74. The third kappa shape index (κ3) is 5.08. The van der Waals surface area contributed by atoms with Crippen molar-refractivity contribution in [2.75, 3.05) is 13.1 Å². The van der Waals surface area contributed by atoms with Crippen molar-refractivity contribution in [3.63, 3.8) is 0 Å². The Morgan fingerprint density at radius 2 is 1.84 bits per heavy atom. The highest BCUT2D eigenvalue weighted by Gasteiger charge is 2.10. The van der Waals surface area contributed by atoms with E-state index in [0.717, 1.165) is 24.7 Å². The van der Waals surface area contributed by atoms with Crippen LogP contribution in [0.4, 0.5) is 0 Å². The van der Waals surface area contributed by atoms with Gasteiger partial charge < -0.3 is 10.6 Å². The van der Waals surface area contributed by atoms with Crippen molar-refractivity contribution in [2.24, 2.45) is 12.0 Å². The van der Waals surface area contributed by atoms with Gasteiger partial charge in [-0.15, -0.1) is 0 Å². The lowest BCUT2D eigenvalue weighted by atomic mass is 10.0. The Morgan fingerprint density at radius 1 is 1.16 bits per heavy atom. The molecule has 2 rings (SSSR count). The Morgan fingerprint density at radius 3 is 2.40 bits per heavy atom. The second-order valence-corrected chi connectivity index (χ2v) is 6.66. The van der Waals surface area contributed by atoms with Crippen LogP contribution in [0.3, 0.4) is 0 Å². The average Bonchev–Trinajstić information content (AvgIpc) is 2.83. The van der Waals surface area contributed by atoms with Crippen LogP contribution in [0.15, 0.2) is 29.3 Å². The maximum absolute atomic E-state index is 4.74. The number of rotatable bonds is 6. The first kappa shape index (κ1) is 19.0. The van der Waals surface area contributed by atoms with Crippen molar-refractivity contribution in [1.29, 1.82) is 0 Å². The molecule has 0 spiro atoms. The summed E-state index contributed by atoms with van der Waals surface area (Å²) >= 11 is 0. The summed E-state index contributed by atoms with van der Waals surface area (Å²) < 4.78 is 1.92. The van der Waals surface area contributed by atoms with Crippen molar-refractivity contribution >= 4 is 5.96 Å². The lowest BCUT2D eigenvalue weighted by Gasteiger charge is -2.16. The summed E-state index contributed by atoms with van der Waals surface area (Å²) in [6.07, 6.45) is 0. The molecule has 1 aromatic carbocycles. The van der Waals surface area contributed by atoms with Gasteiger partial charge in [0.2, 0.25) is 0 Å². The Labute approximate surface area is 151 Å². The number of aryl methyl sites for hydroxylation is 3. The van der Waals surface area contributed by atoms with E-state index in [2.05, 4.69) is 67.7 Å². The number of nitrogens with zero attached hydrogens (tertiary/aromatic N) is 3. The number of aromatic nitrogens is 2. The third-order valence-corrected chi connectivity index (χ3v) is 4.62. The zero-order valence-corrected chi connectivity index (χ0v) is 16.3. The molecule has 2 aromatic rings. The van der Waals surface area contributed by atoms with Gasteiger partial charge in [0.15, 0.2) is 5.96 Å². The molecule has 0 amide bonds. The molecule has 5 heteroatoms. The van der Waals surface area contributed by atoms with E-state index < -0.39 is 0 Å². The standard InChI is InChI=1S/C20H31N5/c1-7-21-20(23-13-19-16(4)24-25(6)17(19)5)22-12-15(3)18-10-8-14(2)9-11-18/h8-11,15H,7,12-13H2,1-6H3,(H2,21,22,23). The summed E-state index contributed by atoms with van der Waals surface area (Å²) in [5.41, 5.74) is 6.05. The molecular weight excluding hydrogens is 310 g/mol. The minimum absolute atomic E-state index is 0.423. The highest BCUT2D eigenvalue weighted by atomic mass is 15.3. The number of nitrogens with one attached hydrogen (secondary N) is 2. The molecule has 0 radical (unpaired) electrons. The molecule has 25 heavy (non-hydrogen) atoms. The topological polar surface area (TPSA) is 54.2 Å². The van der Waals surface area contributed by atoms with Gasteiger partial charge in [0.25, 0.3) is 0 Å². The largest absolute Gasteiger partial charge is 0.357 e. The van der Waals surface area contributed by atoms with E-state index in [0.29, 0.717) is 12.5 Å². The number of hydrogen-bond acceptors (Lipinski definition) is 2. The molecule has 0 aliphatic carbocycles. The number of hydrogen-bond donors (Lipinski definition) is 2. The zero-order valence-electron chi connectivity index (χ0n) is 16.3. The Bertz CT molecular complexity index is 712. The minimum atomic E-state index is 0.423. The summed E-state index contributed by atoms with van der Waals surface area (Å²) in [6.45, 7) is 12.9. The molecule has 5 nitrogen and oxygen atoms in total. The highest BCUT2D eigenvalue weighted by molar-refractivity contribution is 5.79. The summed E-state index contributed by atoms with van der Waals surface area (Å²) in [5.74, 6) is 1.27. The molecule has 0 fully saturated rings. The van der Waals surface area contributed by atoms with Crippen molar-refractivity contribution < 1.29 is 0 Å². The molecule has 136 valence electrons. The summed E-state index contributed by atoms with van der Waals surface area (Å²) in [7, 11) is 1.97. The van der Waals surface area contributed by atoms with Crippen LogP contribution in [-0.2, 0) is 13.6 Å². The van der Waals surface area contributed by atoms with Crippen molar-refractivity contribution in [3.05, 3.63) is 52.3 Å². The van der Waals surface area contributed by atoms with Gasteiger partial charge >= 0.3 is 0 Å². The average molecular weight is 342 g/mol. The van der Waals surface area contributed by atoms with E-state index in [1.54, 1.807) is 0 Å². The maximum Gasteiger partial charge on any atom is 0.191 e. The van der Waals surface area contributed by atoms with Crippen LogP contribution in [0.1, 0.15) is 47.8 Å². The quantitative estimate of drug-likeness (QED) is 0.627. The Kier molecular flexibility index (Phi) is 6.62. The van der Waals surface area contributed by atoms with E-state index in [9.17, 15) is 0 Å². The molecule has 0 aliphatic heterocycles. The number of benzene rings is 1. The fourth-order valence-corrected chi connectivity index (χ4v) is 2.81. The fraction of sp³-hybridized carbons (Fsp3) is 0.500. The van der Waals surface area contributed by atoms with Crippen LogP contribution in [0, 0.1) is 20.8 Å². The van der Waals surface area contributed by atoms with Gasteiger partial charge in [-0.3, -0.25) is 4.68 Å². The Balaban J connectivity index is 2.01. The smallest absolute Gasteiger partial charge is 0.191 e. The van der Waals surface area contributed by atoms with Crippen LogP contribution in [0.25, 0.3) is 0 Å². The first-order valence-electron chi connectivity index (χ1n) is 9.00. The molecule has 0 bridgehead atoms. The predicted molar refractivity (Wildman–Crippen MR) is 105 cm³/mol. The lowest BCUT2D eigenvalue weighted by molar-refractivity contribution is 0.699. The second-order valence-electron chi connectivity index (χ2n) is 6.66. The van der Waals surface area contributed by atoms with Crippen LogP contribution in [-0.4, -0.2) is 28.8 Å². The monoisotopic (exact) mass is 341 g/mol. The van der Waals surface area contributed by atoms with Gasteiger partial charge in [-0.25, -0.2) is 4.99 Å². The van der Waals surface area contributed by atoms with Crippen LogP contribution in [0.5, 0.6) is 0 Å². The molecule has 1 atom stereocenters. The fourth-order valence-electron chi connectivity index (χ4n) is 2.81. The highest BCUT2D eigenvalue weighted by Crippen LogP contribution is 2.15. The third-order valence-electron chi connectivity index (χ3n) is 4.62. The molecule has 1 unspecified atom stereocenters. The van der Waals surface area contributed by atoms with Crippen LogP contribution in [0.2, 0.25) is 0 Å². The molecule has 0 saturated carbocycles. The molecule has 1 aromatic heterocycles. The van der Waals surface area contributed by atoms with Crippen molar-refractivity contribution in [3.8, 4) is 0 Å². The molecular formula is C20H31N5. The second kappa shape index (κ2) is 8.70. The molecule has 0 saturated heterocycles. The normalized spacial score (nSPS) is 13.0. The van der Waals surface area contributed by atoms with Gasteiger partial charge in [-0.2, -0.15) is 5.10 Å². The molecule has 2 N–H and O–H groups in total. The molecule has 1 heterocycles. The van der Waals surface area contributed by atoms with Gasteiger partial charge in [-0.1, -0.05) is 36.8 Å². The van der Waals surface area contributed by atoms with E-state index >= 15 is 0 Å². The zero-order chi connectivity index (χ0) is 18.4. The lowest BCUT2D eigenvalue weighted by Crippen LogP contribution is -2.39. The summed E-state index contributed by atoms with van der Waals surface area (Å²) in [5, 5.41) is 11.2. The number of guanidine groups is 1. The van der Waals surface area contributed by atoms with E-state index in [4.69, 9.17) is 4.99 Å². The van der Waals surface area contributed by atoms with E-state index in [-0.39, 0.29) is 0 Å². The molecule has 0 aliphatic rings.